The maximum atomic E-state index is 13.4. The van der Waals surface area contributed by atoms with E-state index in [1.54, 1.807) is 35.9 Å². The normalized spacial score (nSPS) is 22.3. The van der Waals surface area contributed by atoms with Crippen LogP contribution < -0.4 is 14.8 Å². The fraction of sp³-hybridized carbons (Fsp3) is 0.667. The van der Waals surface area contributed by atoms with E-state index in [2.05, 4.69) is 10.0 Å². The second-order valence-electron chi connectivity index (χ2n) is 9.84. The number of para-hydroxylation sites is 1. The molecule has 1 heterocycles. The molecule has 11 heteroatoms. The second kappa shape index (κ2) is 11.5. The van der Waals surface area contributed by atoms with Gasteiger partial charge in [0.05, 0.1) is 36.7 Å². The van der Waals surface area contributed by atoms with Crippen LogP contribution in [0.15, 0.2) is 18.2 Å². The molecule has 3 N–H and O–H groups in total. The molecular weight excluding hydrogens is 472 g/mol. The van der Waals surface area contributed by atoms with E-state index in [1.807, 2.05) is 6.92 Å². The van der Waals surface area contributed by atoms with Gasteiger partial charge in [-0.1, -0.05) is 32.3 Å². The van der Waals surface area contributed by atoms with Gasteiger partial charge in [0.25, 0.3) is 5.91 Å². The number of aliphatic hydroxyl groups is 1. The summed E-state index contributed by atoms with van der Waals surface area (Å²) in [5.41, 5.74) is 0.355. The lowest BCUT2D eigenvalue weighted by Gasteiger charge is -2.38. The predicted octanol–water partition coefficient (Wildman–Crippen LogP) is 2.25. The monoisotopic (exact) mass is 510 g/mol. The number of carbonyl (C=O) groups is 2. The number of urea groups is 1. The van der Waals surface area contributed by atoms with Crippen LogP contribution in [0.4, 0.5) is 10.5 Å². The minimum Gasteiger partial charge on any atom is -0.485 e. The summed E-state index contributed by atoms with van der Waals surface area (Å²) >= 11 is 0. The molecule has 0 unspecified atom stereocenters. The molecular formula is C24H38N4O6S. The highest BCUT2D eigenvalue weighted by Crippen LogP contribution is 2.35. The Morgan fingerprint density at radius 2 is 1.97 bits per heavy atom. The zero-order chi connectivity index (χ0) is 25.8. The largest absolute Gasteiger partial charge is 0.485 e. The van der Waals surface area contributed by atoms with Crippen molar-refractivity contribution in [3.05, 3.63) is 23.8 Å². The highest BCUT2D eigenvalue weighted by Gasteiger charge is 2.35. The van der Waals surface area contributed by atoms with Crippen molar-refractivity contribution in [3.8, 4) is 5.75 Å². The molecule has 1 aliphatic heterocycles. The van der Waals surface area contributed by atoms with Gasteiger partial charge in [0.1, 0.15) is 6.10 Å². The molecule has 1 aromatic rings. The van der Waals surface area contributed by atoms with Gasteiger partial charge in [-0.05, 0) is 31.9 Å². The molecule has 1 saturated carbocycles. The number of benzene rings is 1. The second-order valence-corrected chi connectivity index (χ2v) is 11.6. The highest BCUT2D eigenvalue weighted by atomic mass is 32.2. The summed E-state index contributed by atoms with van der Waals surface area (Å²) in [5, 5.41) is 12.9. The van der Waals surface area contributed by atoms with Crippen LogP contribution in [0.1, 0.15) is 56.3 Å². The van der Waals surface area contributed by atoms with Crippen LogP contribution in [0.3, 0.4) is 0 Å². The molecule has 3 rings (SSSR count). The molecule has 1 aromatic carbocycles. The molecule has 10 nitrogen and oxygen atoms in total. The third-order valence-corrected chi connectivity index (χ3v) is 7.31. The van der Waals surface area contributed by atoms with E-state index in [4.69, 9.17) is 4.74 Å². The van der Waals surface area contributed by atoms with Crippen LogP contribution in [-0.2, 0) is 10.0 Å². The average molecular weight is 511 g/mol. The first-order valence-electron chi connectivity index (χ1n) is 12.2. The number of aliphatic hydroxyl groups excluding tert-OH is 1. The van der Waals surface area contributed by atoms with Crippen molar-refractivity contribution in [2.24, 2.45) is 5.92 Å². The Balaban J connectivity index is 1.91. The molecule has 2 aliphatic rings. The summed E-state index contributed by atoms with van der Waals surface area (Å²) in [6.45, 7) is 4.00. The van der Waals surface area contributed by atoms with Gasteiger partial charge >= 0.3 is 6.03 Å². The number of rotatable bonds is 7. The van der Waals surface area contributed by atoms with E-state index < -0.39 is 22.2 Å². The van der Waals surface area contributed by atoms with Crippen molar-refractivity contribution in [1.29, 1.82) is 0 Å². The first-order chi connectivity index (χ1) is 16.5. The van der Waals surface area contributed by atoms with Gasteiger partial charge in [0.2, 0.25) is 10.0 Å². The number of nitrogens with one attached hydrogen (secondary N) is 2. The number of fused-ring (bicyclic) bond motifs is 1. The Labute approximate surface area is 208 Å². The number of hydrogen-bond donors (Lipinski definition) is 3. The van der Waals surface area contributed by atoms with Crippen molar-refractivity contribution in [1.82, 2.24) is 15.1 Å². The molecule has 0 bridgehead atoms. The van der Waals surface area contributed by atoms with Crippen LogP contribution in [-0.4, -0.2) is 86.4 Å². The van der Waals surface area contributed by atoms with Crippen LogP contribution in [0.5, 0.6) is 5.75 Å². The third-order valence-electron chi connectivity index (χ3n) is 6.72. The first-order valence-corrected chi connectivity index (χ1v) is 14.1. The Morgan fingerprint density at radius 1 is 1.29 bits per heavy atom. The lowest BCUT2D eigenvalue weighted by molar-refractivity contribution is 0.0368. The molecule has 1 fully saturated rings. The van der Waals surface area contributed by atoms with Crippen molar-refractivity contribution < 1.29 is 27.9 Å². The van der Waals surface area contributed by atoms with Crippen molar-refractivity contribution in [2.45, 2.75) is 64.1 Å². The fourth-order valence-electron chi connectivity index (χ4n) is 4.63. The summed E-state index contributed by atoms with van der Waals surface area (Å²) in [4.78, 5) is 29.4. The maximum Gasteiger partial charge on any atom is 0.317 e. The van der Waals surface area contributed by atoms with Gasteiger partial charge in [0.15, 0.2) is 5.75 Å². The van der Waals surface area contributed by atoms with E-state index in [9.17, 15) is 23.1 Å². The maximum absolute atomic E-state index is 13.4. The molecule has 0 spiro atoms. The van der Waals surface area contributed by atoms with Crippen LogP contribution in [0, 0.1) is 5.92 Å². The smallest absolute Gasteiger partial charge is 0.317 e. The summed E-state index contributed by atoms with van der Waals surface area (Å²) in [6, 6.07) is 4.23. The topological polar surface area (TPSA) is 128 Å². The number of nitrogens with zero attached hydrogens (tertiary/aromatic N) is 2. The Bertz CT molecular complexity index is 1010. The van der Waals surface area contributed by atoms with Crippen LogP contribution >= 0.6 is 0 Å². The summed E-state index contributed by atoms with van der Waals surface area (Å²) in [5.74, 6) is -0.444. The van der Waals surface area contributed by atoms with Gasteiger partial charge < -0.3 is 25.0 Å². The Kier molecular flexibility index (Phi) is 8.87. The zero-order valence-electron chi connectivity index (χ0n) is 21.0. The molecule has 0 radical (unpaired) electrons. The van der Waals surface area contributed by atoms with E-state index in [0.717, 1.165) is 31.9 Å². The molecule has 35 heavy (non-hydrogen) atoms. The number of likely N-dealkylation sites (N-methyl/N-ethyl adjacent to an activating group) is 1. The van der Waals surface area contributed by atoms with E-state index >= 15 is 0 Å². The van der Waals surface area contributed by atoms with Crippen LogP contribution in [0.2, 0.25) is 0 Å². The minimum absolute atomic E-state index is 0.121. The first kappa shape index (κ1) is 27.1. The zero-order valence-corrected chi connectivity index (χ0v) is 21.8. The minimum atomic E-state index is -3.64. The standard InChI is InChI=1S/C24H38N4O6S/c1-16-13-28(17(2)15-29)23(30)19-11-8-12-20(26-35(4,32)33)22(19)34-21(16)14-27(3)24(31)25-18-9-6-5-7-10-18/h8,11-12,16-18,21,26,29H,5-7,9-10,13-15H2,1-4H3,(H,25,31)/t16-,17-,21+/m0/s1. The fourth-order valence-corrected chi connectivity index (χ4v) is 5.19. The summed E-state index contributed by atoms with van der Waals surface area (Å²) < 4.78 is 32.7. The molecule has 3 atom stereocenters. The Hall–Kier alpha value is -2.53. The van der Waals surface area contributed by atoms with Gasteiger partial charge in [-0.15, -0.1) is 0 Å². The van der Waals surface area contributed by atoms with Gasteiger partial charge in [-0.25, -0.2) is 13.2 Å². The summed E-state index contributed by atoms with van der Waals surface area (Å²) in [6.07, 6.45) is 5.86. The average Bonchev–Trinajstić information content (AvgIpc) is 2.80. The molecule has 196 valence electrons. The quantitative estimate of drug-likeness (QED) is 0.516. The van der Waals surface area contributed by atoms with Gasteiger partial charge in [-0.2, -0.15) is 0 Å². The summed E-state index contributed by atoms with van der Waals surface area (Å²) in [7, 11) is -1.93. The van der Waals surface area contributed by atoms with Crippen molar-refractivity contribution in [3.63, 3.8) is 0 Å². The highest BCUT2D eigenvalue weighted by molar-refractivity contribution is 7.92. The number of hydrogen-bond acceptors (Lipinski definition) is 6. The predicted molar refractivity (Wildman–Crippen MR) is 134 cm³/mol. The lowest BCUT2D eigenvalue weighted by Crippen LogP contribution is -2.52. The number of sulfonamides is 1. The number of amides is 3. The molecule has 0 aromatic heterocycles. The van der Waals surface area contributed by atoms with Gasteiger partial charge in [-0.3, -0.25) is 9.52 Å². The Morgan fingerprint density at radius 3 is 2.60 bits per heavy atom. The van der Waals surface area contributed by atoms with Gasteiger partial charge in [0, 0.05) is 25.6 Å². The molecule has 1 aliphatic carbocycles. The third kappa shape index (κ3) is 7.00. The van der Waals surface area contributed by atoms with E-state index in [0.29, 0.717) is 6.54 Å². The van der Waals surface area contributed by atoms with Crippen molar-refractivity contribution >= 4 is 27.6 Å². The lowest BCUT2D eigenvalue weighted by atomic mass is 9.96. The number of carbonyl (C=O) groups excluding carboxylic acids is 2. The van der Waals surface area contributed by atoms with Crippen molar-refractivity contribution in [2.75, 3.05) is 37.7 Å². The SMILES string of the molecule is C[C@H]1CN([C@@H](C)CO)C(=O)c2cccc(NS(C)(=O)=O)c2O[C@@H]1CN(C)C(=O)NC1CCCCC1. The van der Waals surface area contributed by atoms with Crippen LogP contribution in [0.25, 0.3) is 0 Å². The number of anilines is 1. The van der Waals surface area contributed by atoms with E-state index in [1.165, 1.54) is 12.5 Å². The van der Waals surface area contributed by atoms with E-state index in [-0.39, 0.29) is 54.1 Å². The molecule has 3 amide bonds. The number of ether oxygens (including phenoxy) is 1. The molecule has 0 saturated heterocycles.